The number of benzene rings is 4. The highest BCUT2D eigenvalue weighted by Crippen LogP contribution is 2.35. The third-order valence-corrected chi connectivity index (χ3v) is 6.27. The standard InChI is InChI=1S/C16H18.C13H10/c1-11-10-16(14(4)13(3)12(11)2)15-8-6-5-7-9-15;1-3-7-12-10(5-1)9-11-6-2-4-8-13(11)12/h5-10H,1-4H3;1-8H,9H2. The van der Waals surface area contributed by atoms with Crippen LogP contribution in [0.25, 0.3) is 22.3 Å². The summed E-state index contributed by atoms with van der Waals surface area (Å²) >= 11 is 0. The maximum atomic E-state index is 2.30. The number of hydrogen-bond acceptors (Lipinski definition) is 0. The summed E-state index contributed by atoms with van der Waals surface area (Å²) in [7, 11) is 0. The predicted octanol–water partition coefficient (Wildman–Crippen LogP) is 7.85. The van der Waals surface area contributed by atoms with E-state index in [1.165, 1.54) is 55.6 Å². The van der Waals surface area contributed by atoms with E-state index >= 15 is 0 Å². The maximum Gasteiger partial charge on any atom is -0.00135 e. The van der Waals surface area contributed by atoms with Crippen molar-refractivity contribution in [2.75, 3.05) is 0 Å². The van der Waals surface area contributed by atoms with E-state index in [2.05, 4.69) is 113 Å². The van der Waals surface area contributed by atoms with E-state index in [1.54, 1.807) is 0 Å². The van der Waals surface area contributed by atoms with Crippen LogP contribution in [-0.4, -0.2) is 0 Å². The van der Waals surface area contributed by atoms with Crippen LogP contribution in [0.4, 0.5) is 0 Å². The van der Waals surface area contributed by atoms with Crippen molar-refractivity contribution in [3.8, 4) is 22.3 Å². The van der Waals surface area contributed by atoms with E-state index in [-0.39, 0.29) is 0 Å². The Kier molecular flexibility index (Phi) is 5.36. The number of aryl methyl sites for hydroxylation is 1. The fourth-order valence-corrected chi connectivity index (χ4v) is 4.21. The van der Waals surface area contributed by atoms with Crippen LogP contribution in [0.5, 0.6) is 0 Å². The second kappa shape index (κ2) is 8.09. The molecule has 4 aromatic rings. The van der Waals surface area contributed by atoms with Gasteiger partial charge in [0.1, 0.15) is 0 Å². The Morgan fingerprint density at radius 2 is 1.00 bits per heavy atom. The average Bonchev–Trinajstić information content (AvgIpc) is 3.15. The predicted molar refractivity (Wildman–Crippen MR) is 126 cm³/mol. The molecule has 0 bridgehead atoms. The molecular formula is C29H28. The molecule has 0 heteroatoms. The molecule has 1 aliphatic carbocycles. The minimum atomic E-state index is 1.10. The van der Waals surface area contributed by atoms with Gasteiger partial charge in [0.15, 0.2) is 0 Å². The van der Waals surface area contributed by atoms with Crippen molar-refractivity contribution in [1.29, 1.82) is 0 Å². The number of hydrogen-bond donors (Lipinski definition) is 0. The van der Waals surface area contributed by atoms with Crippen LogP contribution in [0.3, 0.4) is 0 Å². The van der Waals surface area contributed by atoms with Gasteiger partial charge in [0, 0.05) is 0 Å². The second-order valence-electron chi connectivity index (χ2n) is 7.97. The van der Waals surface area contributed by atoms with Crippen LogP contribution >= 0.6 is 0 Å². The van der Waals surface area contributed by atoms with Gasteiger partial charge in [-0.15, -0.1) is 0 Å². The summed E-state index contributed by atoms with van der Waals surface area (Å²) in [5.41, 5.74) is 14.0. The lowest BCUT2D eigenvalue weighted by atomic mass is 9.91. The fourth-order valence-electron chi connectivity index (χ4n) is 4.21. The molecule has 0 amide bonds. The molecule has 0 saturated heterocycles. The largest absolute Gasteiger partial charge is 0.0622 e. The van der Waals surface area contributed by atoms with Crippen LogP contribution in [-0.2, 0) is 6.42 Å². The second-order valence-corrected chi connectivity index (χ2v) is 7.97. The molecule has 0 atom stereocenters. The van der Waals surface area contributed by atoms with E-state index in [9.17, 15) is 0 Å². The first-order chi connectivity index (χ1) is 14.1. The molecule has 0 fully saturated rings. The summed E-state index contributed by atoms with van der Waals surface area (Å²) in [5.74, 6) is 0. The van der Waals surface area contributed by atoms with Crippen molar-refractivity contribution in [3.63, 3.8) is 0 Å². The Morgan fingerprint density at radius 1 is 0.483 bits per heavy atom. The van der Waals surface area contributed by atoms with Crippen LogP contribution in [0.1, 0.15) is 33.4 Å². The van der Waals surface area contributed by atoms with Crippen LogP contribution < -0.4 is 0 Å². The van der Waals surface area contributed by atoms with Gasteiger partial charge in [-0.3, -0.25) is 0 Å². The molecule has 0 heterocycles. The van der Waals surface area contributed by atoms with Gasteiger partial charge in [-0.2, -0.15) is 0 Å². The molecule has 144 valence electrons. The first-order valence-electron chi connectivity index (χ1n) is 10.3. The third-order valence-electron chi connectivity index (χ3n) is 6.27. The quantitative estimate of drug-likeness (QED) is 0.279. The van der Waals surface area contributed by atoms with Crippen LogP contribution in [0, 0.1) is 27.7 Å². The Balaban J connectivity index is 0.000000144. The van der Waals surface area contributed by atoms with Gasteiger partial charge in [-0.05, 0) is 89.8 Å². The Morgan fingerprint density at radius 3 is 1.59 bits per heavy atom. The van der Waals surface area contributed by atoms with E-state index < -0.39 is 0 Å². The number of fused-ring (bicyclic) bond motifs is 3. The summed E-state index contributed by atoms with van der Waals surface area (Å²) < 4.78 is 0. The Hall–Kier alpha value is -3.12. The van der Waals surface area contributed by atoms with Crippen molar-refractivity contribution >= 4 is 0 Å². The molecule has 0 aromatic heterocycles. The fraction of sp³-hybridized carbons (Fsp3) is 0.172. The van der Waals surface area contributed by atoms with Crippen LogP contribution in [0.2, 0.25) is 0 Å². The van der Waals surface area contributed by atoms with Crippen molar-refractivity contribution in [1.82, 2.24) is 0 Å². The number of rotatable bonds is 1. The zero-order chi connectivity index (χ0) is 20.4. The summed E-state index contributed by atoms with van der Waals surface area (Å²) in [4.78, 5) is 0. The SMILES string of the molecule is Cc1cc(-c2ccccc2)c(C)c(C)c1C.c1ccc2c(c1)Cc1ccccc1-2. The van der Waals surface area contributed by atoms with E-state index in [1.807, 2.05) is 0 Å². The van der Waals surface area contributed by atoms with Gasteiger partial charge in [-0.25, -0.2) is 0 Å². The molecule has 0 unspecified atom stereocenters. The molecule has 0 saturated carbocycles. The van der Waals surface area contributed by atoms with Crippen molar-refractivity contribution < 1.29 is 0 Å². The molecule has 0 aliphatic heterocycles. The summed E-state index contributed by atoms with van der Waals surface area (Å²) in [6, 6.07) is 30.2. The molecule has 4 aromatic carbocycles. The van der Waals surface area contributed by atoms with Gasteiger partial charge in [0.05, 0.1) is 0 Å². The first-order valence-corrected chi connectivity index (χ1v) is 10.3. The minimum Gasteiger partial charge on any atom is -0.0622 e. The Bertz CT molecular complexity index is 1110. The van der Waals surface area contributed by atoms with Gasteiger partial charge in [-0.1, -0.05) is 84.9 Å². The highest BCUT2D eigenvalue weighted by Gasteiger charge is 2.15. The zero-order valence-corrected chi connectivity index (χ0v) is 17.8. The zero-order valence-electron chi connectivity index (χ0n) is 17.8. The molecule has 0 N–H and O–H groups in total. The molecule has 0 spiro atoms. The van der Waals surface area contributed by atoms with Crippen molar-refractivity contribution in [3.05, 3.63) is 118 Å². The molecule has 5 rings (SSSR count). The average molecular weight is 377 g/mol. The van der Waals surface area contributed by atoms with Gasteiger partial charge in [0.2, 0.25) is 0 Å². The molecule has 0 nitrogen and oxygen atoms in total. The lowest BCUT2D eigenvalue weighted by molar-refractivity contribution is 1.22. The maximum absolute atomic E-state index is 2.30. The summed E-state index contributed by atoms with van der Waals surface area (Å²) in [5, 5.41) is 0. The Labute approximate surface area is 174 Å². The highest BCUT2D eigenvalue weighted by molar-refractivity contribution is 5.76. The molecule has 1 aliphatic rings. The topological polar surface area (TPSA) is 0 Å². The monoisotopic (exact) mass is 376 g/mol. The lowest BCUT2D eigenvalue weighted by Gasteiger charge is -2.14. The summed E-state index contributed by atoms with van der Waals surface area (Å²) in [6.07, 6.45) is 1.10. The van der Waals surface area contributed by atoms with E-state index in [0.717, 1.165) is 6.42 Å². The molecular weight excluding hydrogens is 348 g/mol. The summed E-state index contributed by atoms with van der Waals surface area (Å²) in [6.45, 7) is 8.81. The normalized spacial score (nSPS) is 11.3. The molecule has 29 heavy (non-hydrogen) atoms. The minimum absolute atomic E-state index is 1.10. The highest BCUT2D eigenvalue weighted by atomic mass is 14.2. The molecule has 0 radical (unpaired) electrons. The van der Waals surface area contributed by atoms with E-state index in [4.69, 9.17) is 0 Å². The smallest absolute Gasteiger partial charge is 0.00135 e. The van der Waals surface area contributed by atoms with Crippen LogP contribution in [0.15, 0.2) is 84.9 Å². The van der Waals surface area contributed by atoms with Crippen molar-refractivity contribution in [2.45, 2.75) is 34.1 Å². The lowest BCUT2D eigenvalue weighted by Crippen LogP contribution is -1.94. The van der Waals surface area contributed by atoms with Gasteiger partial charge in [0.25, 0.3) is 0 Å². The van der Waals surface area contributed by atoms with E-state index in [0.29, 0.717) is 0 Å². The van der Waals surface area contributed by atoms with Gasteiger partial charge < -0.3 is 0 Å². The van der Waals surface area contributed by atoms with Crippen molar-refractivity contribution in [2.24, 2.45) is 0 Å². The van der Waals surface area contributed by atoms with Gasteiger partial charge >= 0.3 is 0 Å². The third kappa shape index (κ3) is 3.76. The first kappa shape index (κ1) is 19.2.